The van der Waals surface area contributed by atoms with Crippen molar-refractivity contribution in [1.29, 1.82) is 0 Å². The summed E-state index contributed by atoms with van der Waals surface area (Å²) in [6, 6.07) is 21.1. The SMILES string of the molecule is COc1ccc(-c2nc(C(=O)Nc3cccc(C(C)=O)c3)nn2-c2ccc(Cl)cc2)cc1. The lowest BCUT2D eigenvalue weighted by Crippen LogP contribution is -2.14. The van der Waals surface area contributed by atoms with Crippen LogP contribution in [-0.4, -0.2) is 33.6 Å². The molecule has 0 radical (unpaired) electrons. The highest BCUT2D eigenvalue weighted by molar-refractivity contribution is 6.30. The van der Waals surface area contributed by atoms with Gasteiger partial charge in [-0.3, -0.25) is 9.59 Å². The molecule has 160 valence electrons. The molecule has 0 unspecified atom stereocenters. The normalized spacial score (nSPS) is 10.6. The lowest BCUT2D eigenvalue weighted by Gasteiger charge is -2.07. The lowest BCUT2D eigenvalue weighted by atomic mass is 10.1. The average molecular weight is 447 g/mol. The molecule has 0 atom stereocenters. The lowest BCUT2D eigenvalue weighted by molar-refractivity contribution is 0.100. The predicted octanol–water partition coefficient (Wildman–Crippen LogP) is 5.05. The van der Waals surface area contributed by atoms with E-state index in [4.69, 9.17) is 16.3 Å². The minimum atomic E-state index is -0.492. The molecule has 0 spiro atoms. The van der Waals surface area contributed by atoms with Crippen molar-refractivity contribution in [2.45, 2.75) is 6.92 Å². The number of ketones is 1. The number of nitrogens with one attached hydrogen (secondary N) is 1. The van der Waals surface area contributed by atoms with E-state index in [2.05, 4.69) is 15.4 Å². The fourth-order valence-corrected chi connectivity index (χ4v) is 3.23. The highest BCUT2D eigenvalue weighted by atomic mass is 35.5. The van der Waals surface area contributed by atoms with E-state index in [0.717, 1.165) is 5.56 Å². The highest BCUT2D eigenvalue weighted by Crippen LogP contribution is 2.25. The third kappa shape index (κ3) is 4.53. The van der Waals surface area contributed by atoms with E-state index < -0.39 is 5.91 Å². The molecule has 32 heavy (non-hydrogen) atoms. The number of carbonyl (C=O) groups is 2. The van der Waals surface area contributed by atoms with Gasteiger partial charge < -0.3 is 10.1 Å². The molecule has 4 rings (SSSR count). The standard InChI is InChI=1S/C24H19ClN4O3/c1-15(30)17-4-3-5-19(14-17)26-24(31)22-27-23(16-6-12-21(32-2)13-7-16)29(28-22)20-10-8-18(25)9-11-20/h3-14H,1-2H3,(H,26,31). The predicted molar refractivity (Wildman–Crippen MR) is 123 cm³/mol. The molecule has 1 amide bonds. The Hall–Kier alpha value is -3.97. The Bertz CT molecular complexity index is 1280. The minimum absolute atomic E-state index is 0.0148. The van der Waals surface area contributed by atoms with Crippen LogP contribution in [0.15, 0.2) is 72.8 Å². The first-order chi connectivity index (χ1) is 15.4. The minimum Gasteiger partial charge on any atom is -0.497 e. The number of nitrogens with zero attached hydrogens (tertiary/aromatic N) is 3. The number of benzene rings is 3. The maximum atomic E-state index is 12.9. The number of anilines is 1. The van der Waals surface area contributed by atoms with Crippen LogP contribution in [0.5, 0.6) is 5.75 Å². The van der Waals surface area contributed by atoms with Gasteiger partial charge in [-0.1, -0.05) is 23.7 Å². The first kappa shape index (κ1) is 21.3. The number of halogens is 1. The van der Waals surface area contributed by atoms with Gasteiger partial charge in [0.1, 0.15) is 5.75 Å². The zero-order valence-electron chi connectivity index (χ0n) is 17.4. The van der Waals surface area contributed by atoms with Crippen LogP contribution < -0.4 is 10.1 Å². The van der Waals surface area contributed by atoms with Crippen LogP contribution in [0.3, 0.4) is 0 Å². The molecule has 0 saturated carbocycles. The molecule has 0 bridgehead atoms. The molecular formula is C24H19ClN4O3. The van der Waals surface area contributed by atoms with Crippen LogP contribution in [0, 0.1) is 0 Å². The van der Waals surface area contributed by atoms with Gasteiger partial charge in [-0.15, -0.1) is 5.10 Å². The van der Waals surface area contributed by atoms with Gasteiger partial charge in [0, 0.05) is 21.8 Å². The second-order valence-electron chi connectivity index (χ2n) is 6.97. The number of rotatable bonds is 6. The largest absolute Gasteiger partial charge is 0.497 e. The van der Waals surface area contributed by atoms with Gasteiger partial charge in [0.2, 0.25) is 5.82 Å². The summed E-state index contributed by atoms with van der Waals surface area (Å²) in [6.45, 7) is 1.47. The third-order valence-corrected chi connectivity index (χ3v) is 5.01. The fourth-order valence-electron chi connectivity index (χ4n) is 3.10. The van der Waals surface area contributed by atoms with Crippen molar-refractivity contribution in [2.75, 3.05) is 12.4 Å². The summed E-state index contributed by atoms with van der Waals surface area (Å²) in [6.07, 6.45) is 0. The number of amides is 1. The molecule has 1 aromatic heterocycles. The van der Waals surface area contributed by atoms with Crippen LogP contribution in [0.25, 0.3) is 17.1 Å². The fraction of sp³-hybridized carbons (Fsp3) is 0.0833. The number of ether oxygens (including phenoxy) is 1. The van der Waals surface area contributed by atoms with Gasteiger partial charge in [0.15, 0.2) is 11.6 Å². The van der Waals surface area contributed by atoms with E-state index in [0.29, 0.717) is 33.5 Å². The van der Waals surface area contributed by atoms with Gasteiger partial charge in [-0.05, 0) is 67.6 Å². The zero-order chi connectivity index (χ0) is 22.7. The third-order valence-electron chi connectivity index (χ3n) is 4.76. The molecule has 1 N–H and O–H groups in total. The Morgan fingerprint density at radius 1 is 1.00 bits per heavy atom. The molecule has 0 fully saturated rings. The van der Waals surface area contributed by atoms with E-state index in [1.165, 1.54) is 6.92 Å². The maximum Gasteiger partial charge on any atom is 0.295 e. The first-order valence-corrected chi connectivity index (χ1v) is 10.1. The number of aromatic nitrogens is 3. The van der Waals surface area contributed by atoms with Crippen LogP contribution in [-0.2, 0) is 0 Å². The van der Waals surface area contributed by atoms with Crippen LogP contribution in [0.2, 0.25) is 5.02 Å². The van der Waals surface area contributed by atoms with Gasteiger partial charge in [0.25, 0.3) is 5.91 Å². The molecule has 0 aliphatic rings. The van der Waals surface area contributed by atoms with Gasteiger partial charge >= 0.3 is 0 Å². The number of methoxy groups -OCH3 is 1. The van der Waals surface area contributed by atoms with Crippen LogP contribution in [0.4, 0.5) is 5.69 Å². The van der Waals surface area contributed by atoms with E-state index in [-0.39, 0.29) is 11.6 Å². The Labute approximate surface area is 189 Å². The first-order valence-electron chi connectivity index (χ1n) is 9.74. The van der Waals surface area contributed by atoms with Crippen molar-refractivity contribution < 1.29 is 14.3 Å². The summed E-state index contributed by atoms with van der Waals surface area (Å²) in [5.41, 5.74) is 2.44. The van der Waals surface area contributed by atoms with Crippen LogP contribution >= 0.6 is 11.6 Å². The number of carbonyl (C=O) groups excluding carboxylic acids is 2. The molecule has 7 nitrogen and oxygen atoms in total. The molecule has 0 aliphatic heterocycles. The Morgan fingerprint density at radius 2 is 1.72 bits per heavy atom. The van der Waals surface area contributed by atoms with Crippen molar-refractivity contribution in [1.82, 2.24) is 14.8 Å². The average Bonchev–Trinajstić information content (AvgIpc) is 3.25. The maximum absolute atomic E-state index is 12.9. The monoisotopic (exact) mass is 446 g/mol. The molecule has 3 aromatic carbocycles. The summed E-state index contributed by atoms with van der Waals surface area (Å²) in [5, 5.41) is 7.77. The number of hydrogen-bond acceptors (Lipinski definition) is 5. The zero-order valence-corrected chi connectivity index (χ0v) is 18.1. The van der Waals surface area contributed by atoms with Crippen molar-refractivity contribution in [3.05, 3.63) is 89.2 Å². The molecule has 1 heterocycles. The second-order valence-corrected chi connectivity index (χ2v) is 7.40. The molecular weight excluding hydrogens is 428 g/mol. The van der Waals surface area contributed by atoms with E-state index in [9.17, 15) is 9.59 Å². The van der Waals surface area contributed by atoms with Gasteiger partial charge in [-0.2, -0.15) is 0 Å². The topological polar surface area (TPSA) is 86.1 Å². The molecule has 0 saturated heterocycles. The van der Waals surface area contributed by atoms with E-state index >= 15 is 0 Å². The number of Topliss-reactive ketones (excluding diaryl/α,β-unsaturated/α-hetero) is 1. The van der Waals surface area contributed by atoms with E-state index in [1.807, 2.05) is 24.3 Å². The smallest absolute Gasteiger partial charge is 0.295 e. The molecule has 8 heteroatoms. The van der Waals surface area contributed by atoms with Crippen molar-refractivity contribution >= 4 is 29.0 Å². The number of hydrogen-bond donors (Lipinski definition) is 1. The van der Waals surface area contributed by atoms with Crippen molar-refractivity contribution in [3.63, 3.8) is 0 Å². The Balaban J connectivity index is 1.72. The summed E-state index contributed by atoms with van der Waals surface area (Å²) < 4.78 is 6.81. The van der Waals surface area contributed by atoms with Gasteiger partial charge in [0.05, 0.1) is 12.8 Å². The molecule has 0 aliphatic carbocycles. The van der Waals surface area contributed by atoms with Crippen molar-refractivity contribution in [2.24, 2.45) is 0 Å². The summed E-state index contributed by atoms with van der Waals surface area (Å²) >= 11 is 6.02. The summed E-state index contributed by atoms with van der Waals surface area (Å²) in [4.78, 5) is 29.0. The summed E-state index contributed by atoms with van der Waals surface area (Å²) in [7, 11) is 1.59. The highest BCUT2D eigenvalue weighted by Gasteiger charge is 2.19. The van der Waals surface area contributed by atoms with Crippen molar-refractivity contribution in [3.8, 4) is 22.8 Å². The summed E-state index contributed by atoms with van der Waals surface area (Å²) in [5.74, 6) is 0.590. The van der Waals surface area contributed by atoms with Gasteiger partial charge in [-0.25, -0.2) is 9.67 Å². The molecule has 4 aromatic rings. The van der Waals surface area contributed by atoms with E-state index in [1.54, 1.807) is 60.3 Å². The second kappa shape index (κ2) is 9.03. The Morgan fingerprint density at radius 3 is 2.38 bits per heavy atom. The quantitative estimate of drug-likeness (QED) is 0.419. The van der Waals surface area contributed by atoms with Crippen LogP contribution in [0.1, 0.15) is 27.9 Å². The Kier molecular flexibility index (Phi) is 6.00.